The fourth-order valence-corrected chi connectivity index (χ4v) is 2.78. The van der Waals surface area contributed by atoms with E-state index in [0.29, 0.717) is 24.5 Å². The molecule has 0 spiro atoms. The predicted octanol–water partition coefficient (Wildman–Crippen LogP) is 2.71. The maximum atomic E-state index is 12.1. The van der Waals surface area contributed by atoms with E-state index in [-0.39, 0.29) is 5.91 Å². The number of benzene rings is 1. The average molecular weight is 433 g/mol. The van der Waals surface area contributed by atoms with Crippen LogP contribution in [0.15, 0.2) is 60.9 Å². The summed E-state index contributed by atoms with van der Waals surface area (Å²) in [5.74, 6) is 1.36. The molecule has 0 fully saturated rings. The van der Waals surface area contributed by atoms with Gasteiger partial charge < -0.3 is 15.2 Å². The first-order chi connectivity index (χ1) is 11.7. The van der Waals surface area contributed by atoms with Crippen LogP contribution >= 0.6 is 22.6 Å². The number of hydrogen-bond donors (Lipinski definition) is 2. The second-order valence-electron chi connectivity index (χ2n) is 5.03. The van der Waals surface area contributed by atoms with E-state index in [0.717, 1.165) is 9.39 Å². The van der Waals surface area contributed by atoms with Gasteiger partial charge in [-0.1, -0.05) is 12.1 Å². The van der Waals surface area contributed by atoms with E-state index in [9.17, 15) is 4.79 Å². The van der Waals surface area contributed by atoms with Crippen molar-refractivity contribution in [3.63, 3.8) is 0 Å². The van der Waals surface area contributed by atoms with Crippen molar-refractivity contribution in [1.82, 2.24) is 20.1 Å². The number of amides is 1. The van der Waals surface area contributed by atoms with E-state index in [1.807, 2.05) is 65.5 Å². The van der Waals surface area contributed by atoms with Gasteiger partial charge in [0.1, 0.15) is 5.82 Å². The second-order valence-corrected chi connectivity index (χ2v) is 6.19. The van der Waals surface area contributed by atoms with Gasteiger partial charge in [0.15, 0.2) is 5.82 Å². The van der Waals surface area contributed by atoms with Crippen LogP contribution in [0, 0.1) is 3.57 Å². The zero-order valence-corrected chi connectivity index (χ0v) is 15.0. The molecule has 0 saturated carbocycles. The van der Waals surface area contributed by atoms with Crippen molar-refractivity contribution >= 4 is 34.3 Å². The Morgan fingerprint density at radius 1 is 1.00 bits per heavy atom. The van der Waals surface area contributed by atoms with Crippen molar-refractivity contribution in [3.05, 3.63) is 70.1 Å². The lowest BCUT2D eigenvalue weighted by atomic mass is 10.2. The van der Waals surface area contributed by atoms with E-state index < -0.39 is 0 Å². The molecular formula is C17H16IN5O. The topological polar surface area (TPSA) is 71.8 Å². The normalized spacial score (nSPS) is 10.4. The van der Waals surface area contributed by atoms with Gasteiger partial charge in [-0.3, -0.25) is 4.79 Å². The standard InChI is InChI=1S/C17H16IN5O/c18-14-6-2-1-5-13(14)17(24)20-10-9-19-15-7-8-16(22-21-15)23-11-3-4-12-23/h1-8,11-12H,9-10H2,(H,19,21)(H,20,24). The SMILES string of the molecule is O=C(NCCNc1ccc(-n2cccc2)nn1)c1ccccc1I. The summed E-state index contributed by atoms with van der Waals surface area (Å²) in [5, 5.41) is 14.3. The van der Waals surface area contributed by atoms with Gasteiger partial charge in [-0.2, -0.15) is 0 Å². The van der Waals surface area contributed by atoms with Gasteiger partial charge >= 0.3 is 0 Å². The number of anilines is 1. The van der Waals surface area contributed by atoms with Crippen LogP contribution < -0.4 is 10.6 Å². The van der Waals surface area contributed by atoms with Crippen LogP contribution in [0.5, 0.6) is 0 Å². The summed E-state index contributed by atoms with van der Waals surface area (Å²) < 4.78 is 2.82. The largest absolute Gasteiger partial charge is 0.367 e. The highest BCUT2D eigenvalue weighted by Gasteiger charge is 2.07. The first-order valence-corrected chi connectivity index (χ1v) is 8.55. The van der Waals surface area contributed by atoms with Crippen molar-refractivity contribution in [3.8, 4) is 5.82 Å². The van der Waals surface area contributed by atoms with Gasteiger partial charge in [0, 0.05) is 29.1 Å². The van der Waals surface area contributed by atoms with E-state index >= 15 is 0 Å². The number of carbonyl (C=O) groups is 1. The Labute approximate surface area is 153 Å². The van der Waals surface area contributed by atoms with Gasteiger partial charge in [-0.05, 0) is 59.0 Å². The molecule has 2 heterocycles. The summed E-state index contributed by atoms with van der Waals surface area (Å²) in [5.41, 5.74) is 0.689. The van der Waals surface area contributed by atoms with Gasteiger partial charge in [-0.15, -0.1) is 10.2 Å². The lowest BCUT2D eigenvalue weighted by Gasteiger charge is -2.08. The third-order valence-electron chi connectivity index (χ3n) is 3.35. The number of hydrogen-bond acceptors (Lipinski definition) is 4. The summed E-state index contributed by atoms with van der Waals surface area (Å²) in [4.78, 5) is 12.1. The molecule has 0 saturated heterocycles. The molecule has 0 aliphatic heterocycles. The Bertz CT molecular complexity index is 802. The minimum absolute atomic E-state index is 0.0733. The molecule has 0 aliphatic carbocycles. The maximum Gasteiger partial charge on any atom is 0.252 e. The maximum absolute atomic E-state index is 12.1. The van der Waals surface area contributed by atoms with E-state index in [2.05, 4.69) is 43.4 Å². The third kappa shape index (κ3) is 4.10. The Morgan fingerprint density at radius 3 is 2.50 bits per heavy atom. The Hall–Kier alpha value is -2.42. The smallest absolute Gasteiger partial charge is 0.252 e. The quantitative estimate of drug-likeness (QED) is 0.464. The van der Waals surface area contributed by atoms with Crippen molar-refractivity contribution in [2.45, 2.75) is 0 Å². The fraction of sp³-hybridized carbons (Fsp3) is 0.118. The molecular weight excluding hydrogens is 417 g/mol. The molecule has 0 radical (unpaired) electrons. The first-order valence-electron chi connectivity index (χ1n) is 7.48. The zero-order chi connectivity index (χ0) is 16.8. The molecule has 2 N–H and O–H groups in total. The van der Waals surface area contributed by atoms with Crippen LogP contribution in [0.2, 0.25) is 0 Å². The lowest BCUT2D eigenvalue weighted by Crippen LogP contribution is -2.29. The van der Waals surface area contributed by atoms with Crippen LogP contribution in [-0.4, -0.2) is 33.8 Å². The van der Waals surface area contributed by atoms with Crippen molar-refractivity contribution < 1.29 is 4.79 Å². The zero-order valence-electron chi connectivity index (χ0n) is 12.8. The number of nitrogens with zero attached hydrogens (tertiary/aromatic N) is 3. The van der Waals surface area contributed by atoms with Crippen LogP contribution in [-0.2, 0) is 0 Å². The van der Waals surface area contributed by atoms with Gasteiger partial charge in [-0.25, -0.2) is 0 Å². The van der Waals surface area contributed by atoms with Crippen molar-refractivity contribution in [1.29, 1.82) is 0 Å². The number of nitrogens with one attached hydrogen (secondary N) is 2. The average Bonchev–Trinajstić information content (AvgIpc) is 3.14. The Kier molecular flexibility index (Phi) is 5.42. The highest BCUT2D eigenvalue weighted by molar-refractivity contribution is 14.1. The molecule has 0 unspecified atom stereocenters. The summed E-state index contributed by atoms with van der Waals surface area (Å²) >= 11 is 2.16. The highest BCUT2D eigenvalue weighted by Crippen LogP contribution is 2.11. The number of aromatic nitrogens is 3. The molecule has 7 heteroatoms. The van der Waals surface area contributed by atoms with Crippen LogP contribution in [0.25, 0.3) is 5.82 Å². The second kappa shape index (κ2) is 7.91. The van der Waals surface area contributed by atoms with Crippen LogP contribution in [0.1, 0.15) is 10.4 Å². The number of halogens is 1. The van der Waals surface area contributed by atoms with Crippen LogP contribution in [0.3, 0.4) is 0 Å². The molecule has 122 valence electrons. The molecule has 0 aliphatic rings. The molecule has 0 atom stereocenters. The minimum Gasteiger partial charge on any atom is -0.367 e. The fourth-order valence-electron chi connectivity index (χ4n) is 2.15. The Morgan fingerprint density at radius 2 is 1.79 bits per heavy atom. The summed E-state index contributed by atoms with van der Waals surface area (Å²) in [6, 6.07) is 15.1. The molecule has 1 aromatic carbocycles. The summed E-state index contributed by atoms with van der Waals surface area (Å²) in [7, 11) is 0. The van der Waals surface area contributed by atoms with E-state index in [1.54, 1.807) is 0 Å². The van der Waals surface area contributed by atoms with Crippen LogP contribution in [0.4, 0.5) is 5.82 Å². The third-order valence-corrected chi connectivity index (χ3v) is 4.30. The lowest BCUT2D eigenvalue weighted by molar-refractivity contribution is 0.0954. The molecule has 3 rings (SSSR count). The first kappa shape index (κ1) is 16.4. The summed E-state index contributed by atoms with van der Waals surface area (Å²) in [6.07, 6.45) is 3.83. The van der Waals surface area contributed by atoms with Gasteiger partial charge in [0.25, 0.3) is 5.91 Å². The molecule has 2 aromatic heterocycles. The molecule has 0 bridgehead atoms. The molecule has 1 amide bonds. The molecule has 3 aromatic rings. The monoisotopic (exact) mass is 433 g/mol. The van der Waals surface area contributed by atoms with Gasteiger partial charge in [0.2, 0.25) is 0 Å². The van der Waals surface area contributed by atoms with E-state index in [4.69, 9.17) is 0 Å². The number of rotatable bonds is 6. The van der Waals surface area contributed by atoms with E-state index in [1.165, 1.54) is 0 Å². The number of carbonyl (C=O) groups excluding carboxylic acids is 1. The van der Waals surface area contributed by atoms with Gasteiger partial charge in [0.05, 0.1) is 5.56 Å². The van der Waals surface area contributed by atoms with Crippen molar-refractivity contribution in [2.75, 3.05) is 18.4 Å². The molecule has 6 nitrogen and oxygen atoms in total. The summed E-state index contributed by atoms with van der Waals surface area (Å²) in [6.45, 7) is 1.08. The van der Waals surface area contributed by atoms with Crippen molar-refractivity contribution in [2.24, 2.45) is 0 Å². The predicted molar refractivity (Wildman–Crippen MR) is 101 cm³/mol. The minimum atomic E-state index is -0.0733. The Balaban J connectivity index is 1.47. The molecule has 24 heavy (non-hydrogen) atoms. The highest BCUT2D eigenvalue weighted by atomic mass is 127.